The minimum absolute atomic E-state index is 0.524. The Labute approximate surface area is 145 Å². The summed E-state index contributed by atoms with van der Waals surface area (Å²) in [5.41, 5.74) is 2.08. The van der Waals surface area contributed by atoms with Gasteiger partial charge in [0.1, 0.15) is 0 Å². The third-order valence-corrected chi connectivity index (χ3v) is 5.16. The molecule has 0 aromatic heterocycles. The molecule has 2 N–H and O–H groups in total. The highest BCUT2D eigenvalue weighted by Crippen LogP contribution is 2.42. The number of nitrogens with one attached hydrogen (secondary N) is 2. The molecule has 1 saturated heterocycles. The van der Waals surface area contributed by atoms with Gasteiger partial charge in [-0.2, -0.15) is 13.2 Å². The quantitative estimate of drug-likeness (QED) is 0.868. The molecule has 1 saturated carbocycles. The van der Waals surface area contributed by atoms with Crippen molar-refractivity contribution in [1.82, 2.24) is 10.6 Å². The second-order valence-electron chi connectivity index (χ2n) is 7.01. The van der Waals surface area contributed by atoms with E-state index in [1.807, 2.05) is 12.1 Å². The molecule has 25 heavy (non-hydrogen) atoms. The Morgan fingerprint density at radius 1 is 1.00 bits per heavy atom. The predicted octanol–water partition coefficient (Wildman–Crippen LogP) is 4.18. The Morgan fingerprint density at radius 3 is 2.48 bits per heavy atom. The molecule has 1 unspecified atom stereocenters. The van der Waals surface area contributed by atoms with E-state index in [4.69, 9.17) is 0 Å². The van der Waals surface area contributed by atoms with E-state index in [1.54, 1.807) is 6.07 Å². The Bertz CT molecular complexity index is 733. The summed E-state index contributed by atoms with van der Waals surface area (Å²) in [7, 11) is 0. The van der Waals surface area contributed by atoms with Crippen LogP contribution in [-0.4, -0.2) is 25.2 Å². The van der Waals surface area contributed by atoms with E-state index in [2.05, 4.69) is 22.8 Å². The van der Waals surface area contributed by atoms with Crippen LogP contribution < -0.4 is 10.6 Å². The normalized spacial score (nSPS) is 26.0. The van der Waals surface area contributed by atoms with E-state index in [9.17, 15) is 13.2 Å². The topological polar surface area (TPSA) is 24.1 Å². The summed E-state index contributed by atoms with van der Waals surface area (Å²) in [5, 5.41) is 7.04. The average molecular weight is 346 g/mol. The van der Waals surface area contributed by atoms with Crippen molar-refractivity contribution in [2.45, 2.75) is 37.0 Å². The maximum atomic E-state index is 12.9. The highest BCUT2D eigenvalue weighted by molar-refractivity contribution is 5.65. The zero-order valence-corrected chi connectivity index (χ0v) is 13.8. The summed E-state index contributed by atoms with van der Waals surface area (Å²) in [6.07, 6.45) is -1.99. The van der Waals surface area contributed by atoms with Crippen molar-refractivity contribution < 1.29 is 13.2 Å². The third-order valence-electron chi connectivity index (χ3n) is 5.16. The van der Waals surface area contributed by atoms with Crippen molar-refractivity contribution in [2.24, 2.45) is 0 Å². The van der Waals surface area contributed by atoms with E-state index in [0.717, 1.165) is 31.1 Å². The third kappa shape index (κ3) is 3.72. The minimum atomic E-state index is -4.31. The molecule has 0 spiro atoms. The van der Waals surface area contributed by atoms with Gasteiger partial charge < -0.3 is 10.6 Å². The molecular weight excluding hydrogens is 325 g/mol. The first kappa shape index (κ1) is 16.6. The Balaban J connectivity index is 1.44. The summed E-state index contributed by atoms with van der Waals surface area (Å²) in [5.74, 6) is 0.524. The van der Waals surface area contributed by atoms with E-state index in [1.165, 1.54) is 24.1 Å². The van der Waals surface area contributed by atoms with Gasteiger partial charge in [0.2, 0.25) is 0 Å². The first-order valence-corrected chi connectivity index (χ1v) is 8.75. The predicted molar refractivity (Wildman–Crippen MR) is 92.4 cm³/mol. The van der Waals surface area contributed by atoms with Gasteiger partial charge in [0.15, 0.2) is 0 Å². The molecule has 2 fully saturated rings. The fraction of sp³-hybridized carbons (Fsp3) is 0.400. The van der Waals surface area contributed by atoms with E-state index >= 15 is 0 Å². The van der Waals surface area contributed by atoms with E-state index in [0.29, 0.717) is 23.6 Å². The van der Waals surface area contributed by atoms with Crippen molar-refractivity contribution in [1.29, 1.82) is 0 Å². The Hall–Kier alpha value is -1.85. The monoisotopic (exact) mass is 346 g/mol. The van der Waals surface area contributed by atoms with Crippen molar-refractivity contribution in [3.8, 4) is 11.1 Å². The highest BCUT2D eigenvalue weighted by Gasteiger charge is 2.39. The molecule has 1 heterocycles. The fourth-order valence-corrected chi connectivity index (χ4v) is 3.65. The Kier molecular flexibility index (Phi) is 4.29. The summed E-state index contributed by atoms with van der Waals surface area (Å²) in [4.78, 5) is 0. The van der Waals surface area contributed by atoms with Gasteiger partial charge in [-0.1, -0.05) is 36.4 Å². The van der Waals surface area contributed by atoms with Crippen molar-refractivity contribution >= 4 is 0 Å². The van der Waals surface area contributed by atoms with Gasteiger partial charge >= 0.3 is 6.18 Å². The lowest BCUT2D eigenvalue weighted by molar-refractivity contribution is -0.137. The SMILES string of the molecule is FC(F)(F)c1cccc(-c2ccc([C@H]3C[C@@H]3NC3CCNC3)cc2)c1. The first-order valence-electron chi connectivity index (χ1n) is 8.75. The van der Waals surface area contributed by atoms with Gasteiger partial charge in [-0.05, 0) is 48.2 Å². The second kappa shape index (κ2) is 6.46. The van der Waals surface area contributed by atoms with Crippen LogP contribution in [0.5, 0.6) is 0 Å². The summed E-state index contributed by atoms with van der Waals surface area (Å²) in [6.45, 7) is 2.12. The van der Waals surface area contributed by atoms with Crippen molar-refractivity contribution in [3.63, 3.8) is 0 Å². The zero-order valence-electron chi connectivity index (χ0n) is 13.8. The molecule has 2 nitrogen and oxygen atoms in total. The van der Waals surface area contributed by atoms with Gasteiger partial charge in [-0.3, -0.25) is 0 Å². The molecule has 0 bridgehead atoms. The lowest BCUT2D eigenvalue weighted by Crippen LogP contribution is -2.33. The molecule has 1 aliphatic carbocycles. The van der Waals surface area contributed by atoms with Crippen LogP contribution in [0.4, 0.5) is 13.2 Å². The van der Waals surface area contributed by atoms with Crippen LogP contribution in [0.15, 0.2) is 48.5 Å². The molecule has 5 heteroatoms. The van der Waals surface area contributed by atoms with Crippen molar-refractivity contribution in [3.05, 3.63) is 59.7 Å². The number of hydrogen-bond acceptors (Lipinski definition) is 2. The van der Waals surface area contributed by atoms with Gasteiger partial charge in [-0.15, -0.1) is 0 Å². The largest absolute Gasteiger partial charge is 0.416 e. The first-order chi connectivity index (χ1) is 12.0. The number of alkyl halides is 3. The molecule has 2 aromatic rings. The van der Waals surface area contributed by atoms with E-state index < -0.39 is 11.7 Å². The molecule has 0 radical (unpaired) electrons. The molecule has 1 aliphatic heterocycles. The molecule has 132 valence electrons. The van der Waals surface area contributed by atoms with Crippen LogP contribution in [0, 0.1) is 0 Å². The smallest absolute Gasteiger partial charge is 0.315 e. The number of benzene rings is 2. The van der Waals surface area contributed by atoms with Crippen LogP contribution in [-0.2, 0) is 6.18 Å². The fourth-order valence-electron chi connectivity index (χ4n) is 3.65. The van der Waals surface area contributed by atoms with Gasteiger partial charge in [0.25, 0.3) is 0 Å². The van der Waals surface area contributed by atoms with Crippen LogP contribution >= 0.6 is 0 Å². The lowest BCUT2D eigenvalue weighted by Gasteiger charge is -2.11. The van der Waals surface area contributed by atoms with Crippen molar-refractivity contribution in [2.75, 3.05) is 13.1 Å². The molecule has 2 aliphatic rings. The van der Waals surface area contributed by atoms with Gasteiger partial charge in [-0.25, -0.2) is 0 Å². The van der Waals surface area contributed by atoms with Crippen LogP contribution in [0.3, 0.4) is 0 Å². The molecule has 0 amide bonds. The van der Waals surface area contributed by atoms with Gasteiger partial charge in [0.05, 0.1) is 5.56 Å². The summed E-state index contributed by atoms with van der Waals surface area (Å²) < 4.78 is 38.6. The van der Waals surface area contributed by atoms with Crippen LogP contribution in [0.2, 0.25) is 0 Å². The maximum absolute atomic E-state index is 12.9. The van der Waals surface area contributed by atoms with Gasteiger partial charge in [0, 0.05) is 24.5 Å². The summed E-state index contributed by atoms with van der Waals surface area (Å²) in [6, 6.07) is 14.6. The standard InChI is InChI=1S/C20H21F3N2/c21-20(22,23)16-3-1-2-15(10-16)13-4-6-14(7-5-13)18-11-19(18)25-17-8-9-24-12-17/h1-7,10,17-19,24-25H,8-9,11-12H2/t17?,18-,19+/m1/s1. The van der Waals surface area contributed by atoms with Crippen LogP contribution in [0.25, 0.3) is 11.1 Å². The molecular formula is C20H21F3N2. The lowest BCUT2D eigenvalue weighted by atomic mass is 10.0. The zero-order chi connectivity index (χ0) is 17.4. The number of halogens is 3. The summed E-state index contributed by atoms with van der Waals surface area (Å²) >= 11 is 0. The number of hydrogen-bond donors (Lipinski definition) is 2. The number of rotatable bonds is 4. The average Bonchev–Trinajstić information content (AvgIpc) is 3.17. The maximum Gasteiger partial charge on any atom is 0.416 e. The van der Waals surface area contributed by atoms with E-state index in [-0.39, 0.29) is 0 Å². The molecule has 4 rings (SSSR count). The Morgan fingerprint density at radius 2 is 1.80 bits per heavy atom. The molecule has 3 atom stereocenters. The highest BCUT2D eigenvalue weighted by atomic mass is 19.4. The minimum Gasteiger partial charge on any atom is -0.315 e. The molecule has 2 aromatic carbocycles. The second-order valence-corrected chi connectivity index (χ2v) is 7.01. The van der Waals surface area contributed by atoms with Crippen LogP contribution in [0.1, 0.15) is 29.9 Å².